The van der Waals surface area contributed by atoms with Crippen molar-refractivity contribution in [1.29, 1.82) is 0 Å². The first-order chi connectivity index (χ1) is 40.2. The van der Waals surface area contributed by atoms with Crippen molar-refractivity contribution in [1.82, 2.24) is 5.32 Å². The number of aliphatic hydroxyl groups excluding tert-OH is 2. The van der Waals surface area contributed by atoms with Gasteiger partial charge < -0.3 is 15.5 Å². The van der Waals surface area contributed by atoms with Crippen LogP contribution < -0.4 is 5.32 Å². The Morgan fingerprint density at radius 1 is 0.309 bits per heavy atom. The van der Waals surface area contributed by atoms with Crippen LogP contribution in [0.15, 0.2) is 182 Å². The zero-order valence-electron chi connectivity index (χ0n) is 52.5. The summed E-state index contributed by atoms with van der Waals surface area (Å²) in [6, 6.07) is -0.685. The largest absolute Gasteiger partial charge is 0.394 e. The fourth-order valence-corrected chi connectivity index (χ4v) is 9.07. The van der Waals surface area contributed by atoms with Gasteiger partial charge in [0.05, 0.1) is 18.8 Å². The monoisotopic (exact) mass is 1110 g/mol. The Bertz CT molecular complexity index is 1790. The van der Waals surface area contributed by atoms with Crippen LogP contribution in [0, 0.1) is 0 Å². The molecule has 0 radical (unpaired) electrons. The van der Waals surface area contributed by atoms with E-state index in [9.17, 15) is 15.0 Å². The number of hydrogen-bond donors (Lipinski definition) is 3. The molecule has 0 aliphatic heterocycles. The van der Waals surface area contributed by atoms with E-state index in [2.05, 4.69) is 189 Å². The van der Waals surface area contributed by atoms with E-state index in [1.54, 1.807) is 6.08 Å². The van der Waals surface area contributed by atoms with Crippen LogP contribution in [0.3, 0.4) is 0 Å². The van der Waals surface area contributed by atoms with Crippen molar-refractivity contribution in [2.24, 2.45) is 0 Å². The van der Waals surface area contributed by atoms with Gasteiger partial charge in [-0.05, 0) is 135 Å². The maximum atomic E-state index is 12.5. The summed E-state index contributed by atoms with van der Waals surface area (Å²) < 4.78 is 0. The fraction of sp³-hybridized carbons (Fsp3) is 0.597. The molecule has 2 unspecified atom stereocenters. The number of carbonyl (C=O) groups excluding carboxylic acids is 1. The minimum Gasteiger partial charge on any atom is -0.394 e. The molecule has 0 bridgehead atoms. The minimum atomic E-state index is -0.905. The van der Waals surface area contributed by atoms with Gasteiger partial charge in [-0.2, -0.15) is 0 Å². The minimum absolute atomic E-state index is 0.126. The normalized spacial score (nSPS) is 14.0. The molecule has 0 aromatic heterocycles. The van der Waals surface area contributed by atoms with Gasteiger partial charge in [-0.3, -0.25) is 4.79 Å². The summed E-state index contributed by atoms with van der Waals surface area (Å²) in [5, 5.41) is 23.2. The predicted octanol–water partition coefficient (Wildman–Crippen LogP) is 23.2. The van der Waals surface area contributed by atoms with E-state index in [-0.39, 0.29) is 12.5 Å². The molecule has 3 N–H and O–H groups in total. The van der Waals surface area contributed by atoms with E-state index in [1.165, 1.54) is 135 Å². The number of amides is 1. The summed E-state index contributed by atoms with van der Waals surface area (Å²) in [5.41, 5.74) is 0. The Morgan fingerprint density at radius 2 is 0.556 bits per heavy atom. The van der Waals surface area contributed by atoms with Gasteiger partial charge in [0.25, 0.3) is 0 Å². The molecule has 0 fully saturated rings. The van der Waals surface area contributed by atoms with Gasteiger partial charge in [0.1, 0.15) is 0 Å². The summed E-state index contributed by atoms with van der Waals surface area (Å²) in [4.78, 5) is 12.5. The van der Waals surface area contributed by atoms with Crippen LogP contribution in [-0.4, -0.2) is 34.9 Å². The third-order valence-electron chi connectivity index (χ3n) is 14.1. The number of allylic oxidation sites excluding steroid dienone is 29. The lowest BCUT2D eigenvalue weighted by atomic mass is 10.0. The molecular formula is C77H125NO3. The van der Waals surface area contributed by atoms with Gasteiger partial charge in [0.15, 0.2) is 0 Å². The number of aliphatic hydroxyl groups is 2. The number of carbonyl (C=O) groups is 1. The summed E-state index contributed by atoms with van der Waals surface area (Å²) in [7, 11) is 0. The number of rotatable bonds is 59. The second-order valence-electron chi connectivity index (χ2n) is 21.8. The van der Waals surface area contributed by atoms with Crippen molar-refractivity contribution in [3.05, 3.63) is 182 Å². The molecule has 456 valence electrons. The van der Waals surface area contributed by atoms with E-state index in [0.717, 1.165) is 122 Å². The molecule has 4 heteroatoms. The van der Waals surface area contributed by atoms with E-state index in [4.69, 9.17) is 0 Å². The van der Waals surface area contributed by atoms with Crippen molar-refractivity contribution < 1.29 is 15.0 Å². The third kappa shape index (κ3) is 66.2. The van der Waals surface area contributed by atoms with E-state index in [0.29, 0.717) is 6.42 Å². The summed E-state index contributed by atoms with van der Waals surface area (Å²) in [5.74, 6) is -0.126. The Balaban J connectivity index is 3.72. The van der Waals surface area contributed by atoms with Gasteiger partial charge in [0, 0.05) is 6.42 Å². The first-order valence-electron chi connectivity index (χ1n) is 33.5. The molecule has 0 aliphatic carbocycles. The van der Waals surface area contributed by atoms with Crippen LogP contribution >= 0.6 is 0 Å². The lowest BCUT2D eigenvalue weighted by Gasteiger charge is -2.19. The highest BCUT2D eigenvalue weighted by Gasteiger charge is 2.17. The molecular weight excluding hydrogens is 987 g/mol. The molecule has 0 aromatic carbocycles. The molecule has 1 amide bonds. The highest BCUT2D eigenvalue weighted by Crippen LogP contribution is 2.16. The van der Waals surface area contributed by atoms with Crippen LogP contribution in [0.1, 0.15) is 277 Å². The maximum Gasteiger partial charge on any atom is 0.220 e. The fourth-order valence-electron chi connectivity index (χ4n) is 9.07. The molecule has 81 heavy (non-hydrogen) atoms. The molecule has 4 nitrogen and oxygen atoms in total. The van der Waals surface area contributed by atoms with Gasteiger partial charge in [0.2, 0.25) is 5.91 Å². The number of nitrogens with one attached hydrogen (secondary N) is 1. The SMILES string of the molecule is CC/C=C\C/C=C\C/C=C\C/C=C\C/C=C\C/C=C\C/C=C\C/C=C\C/C=C\C/C=C\C/C=C\C/C=C\CCCCC(=O)NC(CO)C(O)/C=C/CC/C=C/CC/C=C/CCCCCCCCCCCCCCCCCCCCCC. The van der Waals surface area contributed by atoms with Crippen LogP contribution in [0.25, 0.3) is 0 Å². The second-order valence-corrected chi connectivity index (χ2v) is 21.8. The third-order valence-corrected chi connectivity index (χ3v) is 14.1. The molecule has 0 saturated carbocycles. The van der Waals surface area contributed by atoms with Gasteiger partial charge in [-0.1, -0.05) is 318 Å². The summed E-state index contributed by atoms with van der Waals surface area (Å²) in [6.07, 6.45) is 114. The molecule has 0 rings (SSSR count). The molecule has 0 saturated heterocycles. The quantitative estimate of drug-likeness (QED) is 0.0420. The molecule has 0 heterocycles. The predicted molar refractivity (Wildman–Crippen MR) is 363 cm³/mol. The first-order valence-corrected chi connectivity index (χ1v) is 33.5. The zero-order valence-corrected chi connectivity index (χ0v) is 52.5. The summed E-state index contributed by atoms with van der Waals surface area (Å²) in [6.45, 7) is 4.17. The average Bonchev–Trinajstić information content (AvgIpc) is 3.47. The average molecular weight is 1110 g/mol. The lowest BCUT2D eigenvalue weighted by molar-refractivity contribution is -0.123. The van der Waals surface area contributed by atoms with Crippen molar-refractivity contribution in [3.63, 3.8) is 0 Å². The van der Waals surface area contributed by atoms with Gasteiger partial charge in [-0.25, -0.2) is 0 Å². The Hall–Kier alpha value is -4.51. The van der Waals surface area contributed by atoms with Crippen molar-refractivity contribution in [3.8, 4) is 0 Å². The van der Waals surface area contributed by atoms with Gasteiger partial charge in [-0.15, -0.1) is 0 Å². The standard InChI is InChI=1S/C77H125NO3/c1-3-5-7-9-11-13-15-17-19-21-23-25-27-29-31-33-35-36-37-38-39-40-41-42-43-45-47-49-51-53-55-57-59-61-63-65-67-69-71-73-77(81)78-75(74-79)76(80)72-70-68-66-64-62-60-58-56-54-52-50-48-46-44-34-32-30-28-26-24-22-20-18-16-14-12-10-8-6-4-2/h5,7,11,13,17,19,23,25,29,31,35-36,38-39,41-42,45,47,51,53-54,56-57,59,62-65,70,72,75-76,79-80H,3-4,6,8-10,12,14-16,18,20-22,24,26-28,30,32-34,37,40,43-44,46,48-50,52,55,58,60-61,66-69,71,73-74H2,1-2H3,(H,78,81)/b7-5-,13-11-,19-17-,25-23-,31-29-,36-35-,39-38-,42-41-,47-45-,53-51-,56-54+,59-57-,64-62+,65-63-,72-70+. The second kappa shape index (κ2) is 69.8. The van der Waals surface area contributed by atoms with Crippen LogP contribution in [-0.2, 0) is 4.79 Å². The number of hydrogen-bond acceptors (Lipinski definition) is 3. The van der Waals surface area contributed by atoms with Crippen LogP contribution in [0.4, 0.5) is 0 Å². The smallest absolute Gasteiger partial charge is 0.220 e. The molecule has 0 aliphatic rings. The van der Waals surface area contributed by atoms with Crippen molar-refractivity contribution >= 4 is 5.91 Å². The van der Waals surface area contributed by atoms with E-state index >= 15 is 0 Å². The highest BCUT2D eigenvalue weighted by atomic mass is 16.3. The lowest BCUT2D eigenvalue weighted by Crippen LogP contribution is -2.45. The molecule has 2 atom stereocenters. The van der Waals surface area contributed by atoms with E-state index < -0.39 is 12.1 Å². The summed E-state index contributed by atoms with van der Waals surface area (Å²) >= 11 is 0. The van der Waals surface area contributed by atoms with Crippen LogP contribution in [0.5, 0.6) is 0 Å². The van der Waals surface area contributed by atoms with Crippen molar-refractivity contribution in [2.45, 2.75) is 289 Å². The van der Waals surface area contributed by atoms with Crippen LogP contribution in [0.2, 0.25) is 0 Å². The topological polar surface area (TPSA) is 69.6 Å². The first kappa shape index (κ1) is 76.5. The maximum absolute atomic E-state index is 12.5. The van der Waals surface area contributed by atoms with E-state index in [1.807, 2.05) is 6.08 Å². The Labute approximate surface area is 501 Å². The number of unbranched alkanes of at least 4 members (excludes halogenated alkanes) is 24. The zero-order chi connectivity index (χ0) is 58.4. The Morgan fingerprint density at radius 3 is 0.864 bits per heavy atom. The van der Waals surface area contributed by atoms with Gasteiger partial charge >= 0.3 is 0 Å². The highest BCUT2D eigenvalue weighted by molar-refractivity contribution is 5.76. The van der Waals surface area contributed by atoms with Crippen molar-refractivity contribution in [2.75, 3.05) is 6.61 Å². The molecule has 0 spiro atoms. The molecule has 0 aromatic rings. The Kier molecular flexibility index (Phi) is 65.9.